The highest BCUT2D eigenvalue weighted by molar-refractivity contribution is 7.98. The number of carbonyl (C=O) groups excluding carboxylic acids is 1. The Morgan fingerprint density at radius 1 is 1.36 bits per heavy atom. The lowest BCUT2D eigenvalue weighted by Crippen LogP contribution is -2.46. The van der Waals surface area contributed by atoms with E-state index in [-0.39, 0.29) is 12.5 Å². The fourth-order valence-electron chi connectivity index (χ4n) is 2.70. The molecule has 0 spiro atoms. The number of thioether (sulfide) groups is 1. The van der Waals surface area contributed by atoms with E-state index in [0.29, 0.717) is 6.04 Å². The van der Waals surface area contributed by atoms with E-state index >= 15 is 0 Å². The predicted octanol–water partition coefficient (Wildman–Crippen LogP) is 1.94. The maximum Gasteiger partial charge on any atom is 0.243 e. The van der Waals surface area contributed by atoms with Crippen LogP contribution in [0.3, 0.4) is 0 Å². The third-order valence-electron chi connectivity index (χ3n) is 4.17. The van der Waals surface area contributed by atoms with E-state index in [1.165, 1.54) is 32.1 Å². The van der Waals surface area contributed by atoms with Crippen LogP contribution in [0.1, 0.15) is 39.0 Å². The van der Waals surface area contributed by atoms with Crippen LogP contribution < -0.4 is 10.6 Å². The van der Waals surface area contributed by atoms with Crippen LogP contribution in [0.2, 0.25) is 0 Å². The maximum atomic E-state index is 11.7. The lowest BCUT2D eigenvalue weighted by molar-refractivity contribution is -0.127. The molecular weight excluding hydrogens is 296 g/mol. The normalized spacial score (nSPS) is 22.3. The standard InChI is InChI=1S/C16H32N4OS/c1-5-13-7-6-8-14(11-13)19-16(17-9-10-22-4)18-12-15(21)20(2)3/h13-14H,5-12H2,1-4H3,(H2,17,18,19). The van der Waals surface area contributed by atoms with Crippen LogP contribution >= 0.6 is 11.8 Å². The minimum Gasteiger partial charge on any atom is -0.356 e. The largest absolute Gasteiger partial charge is 0.356 e. The molecule has 1 amide bonds. The second kappa shape index (κ2) is 10.8. The van der Waals surface area contributed by atoms with Gasteiger partial charge in [0.15, 0.2) is 5.96 Å². The zero-order chi connectivity index (χ0) is 16.4. The minimum atomic E-state index is 0.0287. The molecule has 1 aliphatic carbocycles. The Morgan fingerprint density at radius 3 is 2.77 bits per heavy atom. The summed E-state index contributed by atoms with van der Waals surface area (Å²) in [7, 11) is 3.53. The van der Waals surface area contributed by atoms with Gasteiger partial charge in [0.1, 0.15) is 6.54 Å². The number of amides is 1. The highest BCUT2D eigenvalue weighted by Crippen LogP contribution is 2.26. The average Bonchev–Trinajstić information content (AvgIpc) is 2.52. The molecule has 2 unspecified atom stereocenters. The molecule has 2 N–H and O–H groups in total. The second-order valence-corrected chi connectivity index (χ2v) is 7.14. The molecule has 0 radical (unpaired) electrons. The van der Waals surface area contributed by atoms with Gasteiger partial charge in [0.05, 0.1) is 0 Å². The van der Waals surface area contributed by atoms with Crippen LogP contribution in [0.15, 0.2) is 4.99 Å². The summed E-state index contributed by atoms with van der Waals surface area (Å²) >= 11 is 1.80. The highest BCUT2D eigenvalue weighted by atomic mass is 32.2. The van der Waals surface area contributed by atoms with E-state index < -0.39 is 0 Å². The Balaban J connectivity index is 2.56. The Hall–Kier alpha value is -0.910. The smallest absolute Gasteiger partial charge is 0.243 e. The number of carbonyl (C=O) groups is 1. The zero-order valence-corrected chi connectivity index (χ0v) is 15.3. The third kappa shape index (κ3) is 7.38. The number of nitrogens with zero attached hydrogens (tertiary/aromatic N) is 2. The van der Waals surface area contributed by atoms with Gasteiger partial charge in [-0.05, 0) is 25.0 Å². The first-order valence-corrected chi connectivity index (χ1v) is 9.70. The van der Waals surface area contributed by atoms with Crippen molar-refractivity contribution in [3.8, 4) is 0 Å². The minimum absolute atomic E-state index is 0.0287. The van der Waals surface area contributed by atoms with Crippen LogP contribution in [-0.4, -0.2) is 62.0 Å². The van der Waals surface area contributed by atoms with Gasteiger partial charge in [-0.3, -0.25) is 4.79 Å². The first-order valence-electron chi connectivity index (χ1n) is 8.30. The van der Waals surface area contributed by atoms with Gasteiger partial charge in [-0.2, -0.15) is 11.8 Å². The SMILES string of the molecule is CCC1CCCC(NC(=NCC(=O)N(C)C)NCCSC)C1. The van der Waals surface area contributed by atoms with Crippen molar-refractivity contribution in [1.82, 2.24) is 15.5 Å². The van der Waals surface area contributed by atoms with Gasteiger partial charge in [0.25, 0.3) is 0 Å². The first kappa shape index (κ1) is 19.1. The van der Waals surface area contributed by atoms with Crippen LogP contribution in [0.5, 0.6) is 0 Å². The van der Waals surface area contributed by atoms with Gasteiger partial charge in [0, 0.05) is 32.4 Å². The molecule has 1 aliphatic rings. The van der Waals surface area contributed by atoms with Crippen molar-refractivity contribution >= 4 is 23.6 Å². The van der Waals surface area contributed by atoms with Crippen molar-refractivity contribution in [2.45, 2.75) is 45.1 Å². The van der Waals surface area contributed by atoms with Crippen molar-refractivity contribution < 1.29 is 4.79 Å². The van der Waals surface area contributed by atoms with Gasteiger partial charge in [-0.25, -0.2) is 4.99 Å². The summed E-state index contributed by atoms with van der Waals surface area (Å²) in [6, 6.07) is 0.480. The summed E-state index contributed by atoms with van der Waals surface area (Å²) in [5, 5.41) is 6.87. The number of guanidine groups is 1. The molecule has 0 aliphatic heterocycles. The molecule has 0 bridgehead atoms. The topological polar surface area (TPSA) is 56.7 Å². The number of hydrogen-bond donors (Lipinski definition) is 2. The van der Waals surface area contributed by atoms with Crippen molar-refractivity contribution in [2.75, 3.05) is 39.2 Å². The summed E-state index contributed by atoms with van der Waals surface area (Å²) in [5.74, 6) is 2.67. The van der Waals surface area contributed by atoms with Crippen molar-refractivity contribution in [1.29, 1.82) is 0 Å². The third-order valence-corrected chi connectivity index (χ3v) is 4.78. The number of hydrogen-bond acceptors (Lipinski definition) is 3. The Bertz CT molecular complexity index is 360. The molecule has 0 aromatic heterocycles. The molecule has 5 nitrogen and oxygen atoms in total. The van der Waals surface area contributed by atoms with Gasteiger partial charge in [-0.15, -0.1) is 0 Å². The first-order chi connectivity index (χ1) is 10.6. The molecular formula is C16H32N4OS. The summed E-state index contributed by atoms with van der Waals surface area (Å²) in [4.78, 5) is 17.8. The van der Waals surface area contributed by atoms with Crippen LogP contribution in [0, 0.1) is 5.92 Å². The molecule has 0 aromatic carbocycles. The van der Waals surface area contributed by atoms with Gasteiger partial charge in [0.2, 0.25) is 5.91 Å². The number of aliphatic imine (C=N–C) groups is 1. The van der Waals surface area contributed by atoms with Gasteiger partial charge < -0.3 is 15.5 Å². The van der Waals surface area contributed by atoms with E-state index in [1.807, 2.05) is 0 Å². The molecule has 1 fully saturated rings. The quantitative estimate of drug-likeness (QED) is 0.426. The number of likely N-dealkylation sites (N-methyl/N-ethyl adjacent to an activating group) is 1. The number of nitrogens with one attached hydrogen (secondary N) is 2. The van der Waals surface area contributed by atoms with Crippen molar-refractivity contribution in [3.05, 3.63) is 0 Å². The summed E-state index contributed by atoms with van der Waals surface area (Å²) < 4.78 is 0. The molecule has 2 atom stereocenters. The molecule has 0 saturated heterocycles. The molecule has 1 saturated carbocycles. The average molecular weight is 329 g/mol. The van der Waals surface area contributed by atoms with Crippen molar-refractivity contribution in [3.63, 3.8) is 0 Å². The fourth-order valence-corrected chi connectivity index (χ4v) is 3.00. The summed E-state index contributed by atoms with van der Waals surface area (Å²) in [6.07, 6.45) is 8.38. The summed E-state index contributed by atoms with van der Waals surface area (Å²) in [6.45, 7) is 3.34. The van der Waals surface area contributed by atoms with E-state index in [2.05, 4.69) is 28.8 Å². The van der Waals surface area contributed by atoms with E-state index in [4.69, 9.17) is 0 Å². The Morgan fingerprint density at radius 2 is 2.14 bits per heavy atom. The highest BCUT2D eigenvalue weighted by Gasteiger charge is 2.21. The molecule has 0 aromatic rings. The monoisotopic (exact) mass is 328 g/mol. The van der Waals surface area contributed by atoms with Crippen LogP contribution in [0.25, 0.3) is 0 Å². The lowest BCUT2D eigenvalue weighted by Gasteiger charge is -2.30. The molecule has 128 valence electrons. The second-order valence-electron chi connectivity index (χ2n) is 6.15. The van der Waals surface area contributed by atoms with Crippen molar-refractivity contribution in [2.24, 2.45) is 10.9 Å². The van der Waals surface area contributed by atoms with Gasteiger partial charge >= 0.3 is 0 Å². The lowest BCUT2D eigenvalue weighted by atomic mass is 9.84. The molecule has 22 heavy (non-hydrogen) atoms. The Labute approximate surface area is 139 Å². The van der Waals surface area contributed by atoms with E-state index in [0.717, 1.165) is 24.2 Å². The Kier molecular flexibility index (Phi) is 9.36. The number of rotatable bonds is 7. The zero-order valence-electron chi connectivity index (χ0n) is 14.5. The van der Waals surface area contributed by atoms with E-state index in [1.54, 1.807) is 30.8 Å². The predicted molar refractivity (Wildman–Crippen MR) is 96.6 cm³/mol. The van der Waals surface area contributed by atoms with Gasteiger partial charge in [-0.1, -0.05) is 26.2 Å². The fraction of sp³-hybridized carbons (Fsp3) is 0.875. The van der Waals surface area contributed by atoms with Crippen LogP contribution in [-0.2, 0) is 4.79 Å². The molecule has 0 heterocycles. The van der Waals surface area contributed by atoms with Crippen LogP contribution in [0.4, 0.5) is 0 Å². The maximum absolute atomic E-state index is 11.7. The molecule has 1 rings (SSSR count). The molecule has 6 heteroatoms. The van der Waals surface area contributed by atoms with E-state index in [9.17, 15) is 4.79 Å². The summed E-state index contributed by atoms with van der Waals surface area (Å²) in [5.41, 5.74) is 0.